The molecule has 0 aliphatic rings. The van der Waals surface area contributed by atoms with Crippen molar-refractivity contribution in [1.29, 1.82) is 0 Å². The predicted molar refractivity (Wildman–Crippen MR) is 65.8 cm³/mol. The summed E-state index contributed by atoms with van der Waals surface area (Å²) >= 11 is 14.4. The fraction of sp³-hybridized carbons (Fsp3) is 0. The summed E-state index contributed by atoms with van der Waals surface area (Å²) < 4.78 is 0. The molecule has 102 valence electrons. The van der Waals surface area contributed by atoms with Gasteiger partial charge in [0, 0.05) is 16.6 Å². The van der Waals surface area contributed by atoms with Crippen LogP contribution < -0.4 is 15.3 Å². The third kappa shape index (κ3) is 59.3. The van der Waals surface area contributed by atoms with Gasteiger partial charge in [-0.3, -0.25) is 0 Å². The molecule has 0 saturated heterocycles. The quantitative estimate of drug-likeness (QED) is 0.412. The van der Waals surface area contributed by atoms with Crippen LogP contribution in [0.2, 0.25) is 0 Å². The molecule has 0 N–H and O–H groups in total. The van der Waals surface area contributed by atoms with Gasteiger partial charge in [0.05, 0.1) is 17.9 Å². The summed E-state index contributed by atoms with van der Waals surface area (Å²) in [5, 5.41) is 28.0. The van der Waals surface area contributed by atoms with Gasteiger partial charge in [-0.1, -0.05) is 34.8 Å². The number of hydrogen-bond acceptors (Lipinski definition) is 6. The first-order valence-corrected chi connectivity index (χ1v) is 5.05. The smallest absolute Gasteiger partial charge is 0.545 e. The van der Waals surface area contributed by atoms with E-state index in [4.69, 9.17) is 34.8 Å². The molecular formula is C9H6Cl3GaO6. The zero-order chi connectivity index (χ0) is 15.0. The van der Waals surface area contributed by atoms with Crippen molar-refractivity contribution < 1.29 is 29.7 Å². The Balaban J connectivity index is -0.0000000865. The molecule has 0 aliphatic heterocycles. The van der Waals surface area contributed by atoms with Gasteiger partial charge in [-0.2, -0.15) is 0 Å². The van der Waals surface area contributed by atoms with Crippen molar-refractivity contribution >= 4 is 72.5 Å². The number of halogens is 3. The Morgan fingerprint density at radius 1 is 0.632 bits per heavy atom. The first kappa shape index (κ1) is 26.7. The van der Waals surface area contributed by atoms with Gasteiger partial charge >= 0.3 is 19.8 Å². The van der Waals surface area contributed by atoms with E-state index < -0.39 is 17.9 Å². The Bertz CT molecular complexity index is 289. The standard InChI is InChI=1S/3C3H3ClO2.Ga/c3*4-2-1-3(5)6;/h3*1-2H,(H,5,6);/q;;;+3/p-3/b3*2-1+;. The van der Waals surface area contributed by atoms with E-state index in [1.165, 1.54) is 0 Å². The number of carbonyl (C=O) groups excluding carboxylic acids is 3. The number of carboxylic acid groups (broad SMARTS) is 3. The van der Waals surface area contributed by atoms with Crippen molar-refractivity contribution in [2.75, 3.05) is 0 Å². The second-order valence-corrected chi connectivity index (χ2v) is 2.59. The Morgan fingerprint density at radius 3 is 0.789 bits per heavy atom. The van der Waals surface area contributed by atoms with Crippen LogP contribution in [0.3, 0.4) is 0 Å². The first-order chi connectivity index (χ1) is 8.31. The van der Waals surface area contributed by atoms with E-state index >= 15 is 0 Å². The molecule has 0 radical (unpaired) electrons. The van der Waals surface area contributed by atoms with Crippen LogP contribution >= 0.6 is 34.8 Å². The summed E-state index contributed by atoms with van der Waals surface area (Å²) in [6.45, 7) is 0. The molecule has 0 saturated carbocycles. The number of carbonyl (C=O) groups is 3. The van der Waals surface area contributed by atoms with Gasteiger partial charge in [0.15, 0.2) is 0 Å². The van der Waals surface area contributed by atoms with Crippen LogP contribution in [0.1, 0.15) is 0 Å². The Hall–Kier alpha value is -0.864. The van der Waals surface area contributed by atoms with E-state index in [0.717, 1.165) is 34.8 Å². The van der Waals surface area contributed by atoms with Crippen LogP contribution in [0.15, 0.2) is 34.8 Å². The van der Waals surface area contributed by atoms with Crippen LogP contribution in [-0.2, 0) is 14.4 Å². The second kappa shape index (κ2) is 22.3. The molecule has 0 unspecified atom stereocenters. The number of hydrogen-bond donors (Lipinski definition) is 0. The summed E-state index contributed by atoms with van der Waals surface area (Å²) in [5.41, 5.74) is 2.65. The van der Waals surface area contributed by atoms with Gasteiger partial charge < -0.3 is 29.7 Å². The Morgan fingerprint density at radius 2 is 0.789 bits per heavy atom. The number of rotatable bonds is 3. The molecule has 0 atom stereocenters. The van der Waals surface area contributed by atoms with E-state index in [1.54, 1.807) is 0 Å². The zero-order valence-electron chi connectivity index (χ0n) is 9.12. The monoisotopic (exact) mass is 384 g/mol. The van der Waals surface area contributed by atoms with Gasteiger partial charge in [-0.05, 0) is 18.2 Å². The minimum absolute atomic E-state index is 0. The van der Waals surface area contributed by atoms with Crippen molar-refractivity contribution in [2.24, 2.45) is 0 Å². The molecule has 0 spiro atoms. The SMILES string of the molecule is O=C([O-])/C=C/Cl.O=C([O-])/C=C/Cl.O=C([O-])/C=C/Cl.[Ga+3]. The maximum Gasteiger partial charge on any atom is 3.00 e. The van der Waals surface area contributed by atoms with Crippen LogP contribution in [0.5, 0.6) is 0 Å². The molecule has 0 aromatic rings. The van der Waals surface area contributed by atoms with Crippen molar-refractivity contribution in [3.8, 4) is 0 Å². The molecule has 0 amide bonds. The molecule has 0 rings (SSSR count). The third-order valence-corrected chi connectivity index (χ3v) is 0.975. The molecule has 0 aromatic carbocycles. The first-order valence-electron chi connectivity index (χ1n) is 3.75. The van der Waals surface area contributed by atoms with E-state index in [-0.39, 0.29) is 19.8 Å². The largest absolute Gasteiger partial charge is 3.00 e. The van der Waals surface area contributed by atoms with E-state index in [1.807, 2.05) is 0 Å². The van der Waals surface area contributed by atoms with Gasteiger partial charge in [0.25, 0.3) is 0 Å². The van der Waals surface area contributed by atoms with E-state index in [9.17, 15) is 29.7 Å². The average Bonchev–Trinajstić information content (AvgIpc) is 2.18. The van der Waals surface area contributed by atoms with E-state index in [2.05, 4.69) is 0 Å². The van der Waals surface area contributed by atoms with Gasteiger partial charge in [-0.15, -0.1) is 0 Å². The fourth-order valence-electron chi connectivity index (χ4n) is 0.154. The molecule has 0 aliphatic carbocycles. The van der Waals surface area contributed by atoms with Crippen molar-refractivity contribution in [3.63, 3.8) is 0 Å². The molecule has 0 bridgehead atoms. The topological polar surface area (TPSA) is 120 Å². The molecule has 0 aromatic heterocycles. The predicted octanol–water partition coefficient (Wildman–Crippen LogP) is -1.91. The van der Waals surface area contributed by atoms with Crippen LogP contribution in [0.25, 0.3) is 0 Å². The summed E-state index contributed by atoms with van der Waals surface area (Å²) in [6.07, 6.45) is 2.21. The summed E-state index contributed by atoms with van der Waals surface area (Å²) in [6, 6.07) is 0. The van der Waals surface area contributed by atoms with Crippen molar-refractivity contribution in [3.05, 3.63) is 34.8 Å². The maximum atomic E-state index is 9.32. The minimum atomic E-state index is -1.27. The summed E-state index contributed by atoms with van der Waals surface area (Å²) in [7, 11) is 0. The number of carboxylic acids is 3. The molecule has 10 heteroatoms. The number of aliphatic carboxylic acids is 3. The van der Waals surface area contributed by atoms with Crippen molar-refractivity contribution in [2.45, 2.75) is 0 Å². The summed E-state index contributed by atoms with van der Waals surface area (Å²) in [4.78, 5) is 28.0. The van der Waals surface area contributed by atoms with Gasteiger partial charge in [0.1, 0.15) is 0 Å². The molecule has 19 heavy (non-hydrogen) atoms. The maximum absolute atomic E-state index is 9.32. The van der Waals surface area contributed by atoms with Gasteiger partial charge in [0.2, 0.25) is 0 Å². The molecule has 0 heterocycles. The average molecular weight is 386 g/mol. The third-order valence-electron chi connectivity index (χ3n) is 0.597. The Labute approximate surface area is 137 Å². The fourth-order valence-corrected chi connectivity index (χ4v) is 0.463. The molecule has 6 nitrogen and oxygen atoms in total. The minimum Gasteiger partial charge on any atom is -0.545 e. The molecule has 0 fully saturated rings. The Kier molecular flexibility index (Phi) is 31.3. The second-order valence-electron chi connectivity index (χ2n) is 1.84. The summed E-state index contributed by atoms with van der Waals surface area (Å²) in [5.74, 6) is -3.82. The van der Waals surface area contributed by atoms with Crippen LogP contribution in [-0.4, -0.2) is 37.7 Å². The van der Waals surface area contributed by atoms with Gasteiger partial charge in [-0.25, -0.2) is 0 Å². The van der Waals surface area contributed by atoms with Crippen LogP contribution in [0.4, 0.5) is 0 Å². The van der Waals surface area contributed by atoms with E-state index in [0.29, 0.717) is 0 Å². The normalized spacial score (nSPS) is 9.00. The van der Waals surface area contributed by atoms with Crippen LogP contribution in [0, 0.1) is 0 Å². The zero-order valence-corrected chi connectivity index (χ0v) is 13.8. The molecular weight excluding hydrogens is 380 g/mol. The van der Waals surface area contributed by atoms with Crippen molar-refractivity contribution in [1.82, 2.24) is 0 Å².